The highest BCUT2D eigenvalue weighted by Crippen LogP contribution is 2.44. The summed E-state index contributed by atoms with van der Waals surface area (Å²) < 4.78 is 24.5. The summed E-state index contributed by atoms with van der Waals surface area (Å²) in [5.74, 6) is 0.679. The number of ether oxygens (including phenoxy) is 2. The smallest absolute Gasteiger partial charge is 0.478 e. The molecule has 1 amide bonds. The van der Waals surface area contributed by atoms with Crippen molar-refractivity contribution in [3.8, 4) is 5.75 Å². The Bertz CT molecular complexity index is 981. The van der Waals surface area contributed by atoms with Gasteiger partial charge >= 0.3 is 13.2 Å². The lowest BCUT2D eigenvalue weighted by molar-refractivity contribution is 0.00578. The fraction of sp³-hybridized carbons (Fsp3) is 0.435. The molecule has 2 aromatic rings. The van der Waals surface area contributed by atoms with Crippen LogP contribution in [0, 0.1) is 0 Å². The molecule has 2 aliphatic heterocycles. The first-order valence-corrected chi connectivity index (χ1v) is 10.7. The van der Waals surface area contributed by atoms with Gasteiger partial charge in [-0.05, 0) is 51.0 Å². The molecule has 0 saturated carbocycles. The summed E-state index contributed by atoms with van der Waals surface area (Å²) in [6, 6.07) is 13.4. The van der Waals surface area contributed by atoms with E-state index in [-0.39, 0.29) is 6.61 Å². The lowest BCUT2D eigenvalue weighted by Crippen LogP contribution is -2.41. The zero-order valence-electron chi connectivity index (χ0n) is 18.5. The van der Waals surface area contributed by atoms with Crippen LogP contribution in [-0.2, 0) is 26.1 Å². The van der Waals surface area contributed by atoms with Crippen LogP contribution < -0.4 is 15.5 Å². The molecule has 0 spiro atoms. The largest absolute Gasteiger partial charge is 0.496 e. The maximum atomic E-state index is 11.8. The second kappa shape index (κ2) is 7.73. The Labute approximate surface area is 188 Å². The predicted octanol–water partition coefficient (Wildman–Crippen LogP) is 3.83. The highest BCUT2D eigenvalue weighted by Gasteiger charge is 2.54. The van der Waals surface area contributed by atoms with E-state index in [1.165, 1.54) is 7.05 Å². The van der Waals surface area contributed by atoms with Crippen LogP contribution in [0.1, 0.15) is 38.8 Å². The van der Waals surface area contributed by atoms with Gasteiger partial charge in [-0.3, -0.25) is 0 Å². The molecule has 2 heterocycles. The minimum absolute atomic E-state index is 0.0474. The SMILES string of the molecule is CNC(=O)OCC1(c2ccccc2)Cc2c(ccc(Cl)c2B2OC(C)(C)C(C)(C)O2)O1. The highest BCUT2D eigenvalue weighted by molar-refractivity contribution is 6.66. The third kappa shape index (κ3) is 3.79. The van der Waals surface area contributed by atoms with Gasteiger partial charge in [0.15, 0.2) is 5.60 Å². The van der Waals surface area contributed by atoms with Crippen molar-refractivity contribution in [2.45, 2.75) is 50.9 Å². The Morgan fingerprint density at radius 1 is 1.10 bits per heavy atom. The first kappa shape index (κ1) is 22.0. The molecule has 0 bridgehead atoms. The molecule has 2 aliphatic rings. The number of rotatable bonds is 4. The minimum atomic E-state index is -0.876. The zero-order valence-corrected chi connectivity index (χ0v) is 19.2. The quantitative estimate of drug-likeness (QED) is 0.728. The second-order valence-corrected chi connectivity index (χ2v) is 9.40. The van der Waals surface area contributed by atoms with Crippen LogP contribution in [-0.4, -0.2) is 38.1 Å². The van der Waals surface area contributed by atoms with Gasteiger partial charge in [-0.1, -0.05) is 41.9 Å². The van der Waals surface area contributed by atoms with E-state index in [1.807, 2.05) is 64.1 Å². The van der Waals surface area contributed by atoms with Gasteiger partial charge in [0.25, 0.3) is 0 Å². The van der Waals surface area contributed by atoms with Crippen molar-refractivity contribution in [2.24, 2.45) is 0 Å². The van der Waals surface area contributed by atoms with Crippen molar-refractivity contribution in [2.75, 3.05) is 13.7 Å². The summed E-state index contributed by atoms with van der Waals surface area (Å²) in [5, 5.41) is 3.04. The summed E-state index contributed by atoms with van der Waals surface area (Å²) in [6.45, 7) is 8.07. The molecule has 0 radical (unpaired) electrons. The standard InChI is InChI=1S/C23H27BClNO5/c1-21(2)22(3,4)31-24(30-21)19-16-13-23(14-28-20(27)26-5,15-9-7-6-8-10-15)29-18(16)12-11-17(19)25/h6-12H,13-14H2,1-5H3,(H,26,27). The lowest BCUT2D eigenvalue weighted by Gasteiger charge is -2.32. The molecule has 1 fully saturated rings. The number of amides is 1. The van der Waals surface area contributed by atoms with E-state index >= 15 is 0 Å². The monoisotopic (exact) mass is 443 g/mol. The van der Waals surface area contributed by atoms with E-state index < -0.39 is 30.0 Å². The minimum Gasteiger partial charge on any atom is -0.478 e. The number of carbonyl (C=O) groups excluding carboxylic acids is 1. The first-order valence-electron chi connectivity index (χ1n) is 10.3. The van der Waals surface area contributed by atoms with E-state index in [1.54, 1.807) is 6.07 Å². The fourth-order valence-electron chi connectivity index (χ4n) is 3.96. The third-order valence-corrected chi connectivity index (χ3v) is 6.79. The van der Waals surface area contributed by atoms with Crippen LogP contribution in [0.5, 0.6) is 5.75 Å². The molecule has 1 unspecified atom stereocenters. The highest BCUT2D eigenvalue weighted by atomic mass is 35.5. The predicted molar refractivity (Wildman–Crippen MR) is 120 cm³/mol. The van der Waals surface area contributed by atoms with E-state index in [0.29, 0.717) is 17.2 Å². The topological polar surface area (TPSA) is 66.0 Å². The average molecular weight is 444 g/mol. The summed E-state index contributed by atoms with van der Waals surface area (Å²) in [5.41, 5.74) is 0.695. The van der Waals surface area contributed by atoms with Crippen molar-refractivity contribution in [3.05, 3.63) is 58.6 Å². The summed E-state index contributed by atoms with van der Waals surface area (Å²) in [7, 11) is 0.903. The number of hydrogen-bond acceptors (Lipinski definition) is 5. The maximum Gasteiger partial charge on any atom is 0.496 e. The van der Waals surface area contributed by atoms with Gasteiger partial charge < -0.3 is 24.1 Å². The van der Waals surface area contributed by atoms with Crippen molar-refractivity contribution in [1.29, 1.82) is 0 Å². The van der Waals surface area contributed by atoms with Crippen molar-refractivity contribution < 1.29 is 23.6 Å². The van der Waals surface area contributed by atoms with Crippen LogP contribution in [0.15, 0.2) is 42.5 Å². The number of alkyl carbamates (subject to hydrolysis) is 1. The van der Waals surface area contributed by atoms with Crippen LogP contribution in [0.2, 0.25) is 5.02 Å². The molecule has 1 saturated heterocycles. The molecule has 0 aromatic heterocycles. The van der Waals surface area contributed by atoms with Gasteiger partial charge in [0.1, 0.15) is 12.4 Å². The van der Waals surface area contributed by atoms with Crippen LogP contribution >= 0.6 is 11.6 Å². The molecule has 1 atom stereocenters. The normalized spacial score (nSPS) is 23.2. The van der Waals surface area contributed by atoms with Gasteiger partial charge in [-0.2, -0.15) is 0 Å². The molecular weight excluding hydrogens is 417 g/mol. The third-order valence-electron chi connectivity index (χ3n) is 6.46. The van der Waals surface area contributed by atoms with E-state index in [9.17, 15) is 4.79 Å². The molecule has 1 N–H and O–H groups in total. The van der Waals surface area contributed by atoms with Gasteiger partial charge in [0.05, 0.1) is 11.2 Å². The molecule has 0 aliphatic carbocycles. The van der Waals surface area contributed by atoms with Gasteiger partial charge in [-0.25, -0.2) is 4.79 Å². The lowest BCUT2D eigenvalue weighted by atomic mass is 9.73. The number of hydrogen-bond donors (Lipinski definition) is 1. The van der Waals surface area contributed by atoms with Crippen molar-refractivity contribution in [1.82, 2.24) is 5.32 Å². The zero-order chi connectivity index (χ0) is 22.4. The summed E-state index contributed by atoms with van der Waals surface area (Å²) >= 11 is 6.65. The van der Waals surface area contributed by atoms with E-state index in [0.717, 1.165) is 16.6 Å². The van der Waals surface area contributed by atoms with Crippen LogP contribution in [0.25, 0.3) is 0 Å². The van der Waals surface area contributed by atoms with Crippen molar-refractivity contribution in [3.63, 3.8) is 0 Å². The molecule has 2 aromatic carbocycles. The summed E-state index contributed by atoms with van der Waals surface area (Å²) in [6.07, 6.45) is -0.0531. The Balaban J connectivity index is 1.75. The Morgan fingerprint density at radius 3 is 2.35 bits per heavy atom. The Hall–Kier alpha value is -2.22. The molecule has 6 nitrogen and oxygen atoms in total. The number of fused-ring (bicyclic) bond motifs is 1. The Kier molecular flexibility index (Phi) is 5.48. The average Bonchev–Trinajstić information content (AvgIpc) is 3.21. The number of nitrogens with one attached hydrogen (secondary N) is 1. The van der Waals surface area contributed by atoms with Gasteiger partial charge in [-0.15, -0.1) is 0 Å². The van der Waals surface area contributed by atoms with Crippen LogP contribution in [0.4, 0.5) is 4.79 Å². The molecule has 8 heteroatoms. The van der Waals surface area contributed by atoms with E-state index in [4.69, 9.17) is 30.4 Å². The maximum absolute atomic E-state index is 11.8. The summed E-state index contributed by atoms with van der Waals surface area (Å²) in [4.78, 5) is 11.8. The van der Waals surface area contributed by atoms with E-state index in [2.05, 4.69) is 5.32 Å². The first-order chi connectivity index (χ1) is 14.6. The van der Waals surface area contributed by atoms with Crippen molar-refractivity contribution >= 4 is 30.3 Å². The van der Waals surface area contributed by atoms with Gasteiger partial charge in [0.2, 0.25) is 0 Å². The second-order valence-electron chi connectivity index (χ2n) is 8.99. The number of carbonyl (C=O) groups is 1. The number of halogens is 1. The van der Waals surface area contributed by atoms with Crippen LogP contribution in [0.3, 0.4) is 0 Å². The number of benzene rings is 2. The molecule has 164 valence electrons. The molecular formula is C23H27BClNO5. The fourth-order valence-corrected chi connectivity index (χ4v) is 4.23. The Morgan fingerprint density at radius 2 is 1.74 bits per heavy atom. The molecule has 31 heavy (non-hydrogen) atoms. The molecule has 4 rings (SSSR count). The van der Waals surface area contributed by atoms with Gasteiger partial charge in [0, 0.05) is 24.0 Å².